The van der Waals surface area contributed by atoms with Crippen molar-refractivity contribution in [2.24, 2.45) is 5.84 Å². The van der Waals surface area contributed by atoms with E-state index in [0.29, 0.717) is 6.54 Å². The standard InChI is InChI=1S/C13H13BrN2/c14-12-6-8-13(9-7-12)16(15)10-11-4-2-1-3-5-11/h1-9H,10,15H2. The molecule has 16 heavy (non-hydrogen) atoms. The summed E-state index contributed by atoms with van der Waals surface area (Å²) in [5.74, 6) is 6.00. The van der Waals surface area contributed by atoms with Gasteiger partial charge in [-0.05, 0) is 29.8 Å². The molecule has 2 rings (SSSR count). The number of rotatable bonds is 3. The maximum atomic E-state index is 6.00. The highest BCUT2D eigenvalue weighted by Crippen LogP contribution is 2.17. The zero-order valence-corrected chi connectivity index (χ0v) is 10.4. The van der Waals surface area contributed by atoms with Crippen LogP contribution in [0.2, 0.25) is 0 Å². The van der Waals surface area contributed by atoms with Crippen molar-refractivity contribution in [3.05, 3.63) is 64.6 Å². The summed E-state index contributed by atoms with van der Waals surface area (Å²) in [5.41, 5.74) is 2.21. The summed E-state index contributed by atoms with van der Waals surface area (Å²) in [6, 6.07) is 18.1. The minimum atomic E-state index is 0.711. The van der Waals surface area contributed by atoms with Crippen LogP contribution < -0.4 is 10.9 Å². The summed E-state index contributed by atoms with van der Waals surface area (Å²) in [4.78, 5) is 0. The lowest BCUT2D eigenvalue weighted by Gasteiger charge is -2.18. The van der Waals surface area contributed by atoms with E-state index in [0.717, 1.165) is 10.2 Å². The van der Waals surface area contributed by atoms with E-state index in [1.807, 2.05) is 42.5 Å². The van der Waals surface area contributed by atoms with Crippen molar-refractivity contribution < 1.29 is 0 Å². The first-order valence-corrected chi connectivity index (χ1v) is 5.87. The molecule has 0 aliphatic heterocycles. The van der Waals surface area contributed by atoms with Crippen LogP contribution in [-0.2, 0) is 6.54 Å². The molecule has 0 unspecified atom stereocenters. The Morgan fingerprint density at radius 1 is 0.938 bits per heavy atom. The minimum Gasteiger partial charge on any atom is -0.307 e. The van der Waals surface area contributed by atoms with Gasteiger partial charge < -0.3 is 5.01 Å². The van der Waals surface area contributed by atoms with Gasteiger partial charge in [0.15, 0.2) is 0 Å². The van der Waals surface area contributed by atoms with E-state index in [9.17, 15) is 0 Å². The number of hydrogen-bond donors (Lipinski definition) is 1. The smallest absolute Gasteiger partial charge is 0.0592 e. The Labute approximate surface area is 104 Å². The molecule has 0 amide bonds. The molecule has 2 N–H and O–H groups in total. The Morgan fingerprint density at radius 2 is 1.56 bits per heavy atom. The molecule has 0 aliphatic rings. The van der Waals surface area contributed by atoms with Crippen LogP contribution in [0.5, 0.6) is 0 Å². The molecule has 2 aromatic rings. The van der Waals surface area contributed by atoms with E-state index in [4.69, 9.17) is 5.84 Å². The summed E-state index contributed by atoms with van der Waals surface area (Å²) in [6.45, 7) is 0.711. The van der Waals surface area contributed by atoms with Gasteiger partial charge in [-0.1, -0.05) is 46.3 Å². The number of hydrogen-bond acceptors (Lipinski definition) is 2. The van der Waals surface area contributed by atoms with Gasteiger partial charge in [0, 0.05) is 4.47 Å². The molecular formula is C13H13BrN2. The molecule has 0 saturated heterocycles. The molecule has 0 aromatic heterocycles. The van der Waals surface area contributed by atoms with E-state index in [1.165, 1.54) is 5.56 Å². The van der Waals surface area contributed by atoms with E-state index in [2.05, 4.69) is 28.1 Å². The molecule has 0 radical (unpaired) electrons. The van der Waals surface area contributed by atoms with Crippen molar-refractivity contribution in [2.75, 3.05) is 5.01 Å². The van der Waals surface area contributed by atoms with Crippen molar-refractivity contribution in [2.45, 2.75) is 6.54 Å². The van der Waals surface area contributed by atoms with Crippen molar-refractivity contribution >= 4 is 21.6 Å². The third-order valence-corrected chi connectivity index (χ3v) is 2.88. The Bertz CT molecular complexity index is 439. The van der Waals surface area contributed by atoms with Gasteiger partial charge in [-0.25, -0.2) is 5.84 Å². The second-order valence-corrected chi connectivity index (χ2v) is 4.51. The van der Waals surface area contributed by atoms with Crippen LogP contribution in [0.25, 0.3) is 0 Å². The lowest BCUT2D eigenvalue weighted by molar-refractivity contribution is 0.853. The lowest BCUT2D eigenvalue weighted by atomic mass is 10.2. The van der Waals surface area contributed by atoms with Gasteiger partial charge in [0.05, 0.1) is 12.2 Å². The third-order valence-electron chi connectivity index (χ3n) is 2.35. The largest absolute Gasteiger partial charge is 0.307 e. The highest BCUT2D eigenvalue weighted by molar-refractivity contribution is 9.10. The maximum absolute atomic E-state index is 6.00. The highest BCUT2D eigenvalue weighted by Gasteiger charge is 2.01. The molecule has 0 fully saturated rings. The molecular weight excluding hydrogens is 264 g/mol. The monoisotopic (exact) mass is 276 g/mol. The average molecular weight is 277 g/mol. The average Bonchev–Trinajstić information content (AvgIpc) is 2.31. The third kappa shape index (κ3) is 2.84. The molecule has 2 aromatic carbocycles. The summed E-state index contributed by atoms with van der Waals surface area (Å²) in [6.07, 6.45) is 0. The van der Waals surface area contributed by atoms with Crippen LogP contribution in [0, 0.1) is 0 Å². The van der Waals surface area contributed by atoms with Gasteiger partial charge >= 0.3 is 0 Å². The van der Waals surface area contributed by atoms with Gasteiger partial charge in [-0.2, -0.15) is 0 Å². The van der Waals surface area contributed by atoms with E-state index in [1.54, 1.807) is 5.01 Å². The van der Waals surface area contributed by atoms with Gasteiger partial charge in [-0.15, -0.1) is 0 Å². The summed E-state index contributed by atoms with van der Waals surface area (Å²) >= 11 is 3.40. The zero-order valence-electron chi connectivity index (χ0n) is 8.81. The van der Waals surface area contributed by atoms with E-state index in [-0.39, 0.29) is 0 Å². The number of nitrogens with zero attached hydrogens (tertiary/aromatic N) is 1. The SMILES string of the molecule is NN(Cc1ccccc1)c1ccc(Br)cc1. The molecule has 3 heteroatoms. The molecule has 2 nitrogen and oxygen atoms in total. The van der Waals surface area contributed by atoms with Crippen LogP contribution in [0.3, 0.4) is 0 Å². The minimum absolute atomic E-state index is 0.711. The first-order valence-electron chi connectivity index (χ1n) is 5.07. The van der Waals surface area contributed by atoms with Crippen molar-refractivity contribution in [1.29, 1.82) is 0 Å². The predicted molar refractivity (Wildman–Crippen MR) is 71.0 cm³/mol. The second-order valence-electron chi connectivity index (χ2n) is 3.59. The quantitative estimate of drug-likeness (QED) is 0.688. The molecule has 0 spiro atoms. The molecule has 0 heterocycles. The summed E-state index contributed by atoms with van der Waals surface area (Å²) in [5, 5.41) is 1.74. The number of nitrogens with two attached hydrogens (primary N) is 1. The Hall–Kier alpha value is -1.32. The molecule has 0 aliphatic carbocycles. The van der Waals surface area contributed by atoms with E-state index < -0.39 is 0 Å². The predicted octanol–water partition coefficient (Wildman–Crippen LogP) is 3.33. The maximum Gasteiger partial charge on any atom is 0.0592 e. The molecule has 0 atom stereocenters. The normalized spacial score (nSPS) is 10.1. The van der Waals surface area contributed by atoms with Crippen molar-refractivity contribution in [3.8, 4) is 0 Å². The summed E-state index contributed by atoms with van der Waals surface area (Å²) < 4.78 is 1.06. The Morgan fingerprint density at radius 3 is 2.19 bits per heavy atom. The van der Waals surface area contributed by atoms with Crippen LogP contribution in [0.15, 0.2) is 59.1 Å². The Kier molecular flexibility index (Phi) is 3.59. The first kappa shape index (κ1) is 11.2. The molecule has 82 valence electrons. The van der Waals surface area contributed by atoms with Crippen molar-refractivity contribution in [1.82, 2.24) is 0 Å². The Balaban J connectivity index is 2.09. The van der Waals surface area contributed by atoms with E-state index >= 15 is 0 Å². The van der Waals surface area contributed by atoms with Crippen molar-refractivity contribution in [3.63, 3.8) is 0 Å². The van der Waals surface area contributed by atoms with Gasteiger partial charge in [-0.3, -0.25) is 0 Å². The van der Waals surface area contributed by atoms with Crippen LogP contribution in [0.4, 0.5) is 5.69 Å². The van der Waals surface area contributed by atoms with Gasteiger partial charge in [0.2, 0.25) is 0 Å². The van der Waals surface area contributed by atoms with Crippen LogP contribution in [-0.4, -0.2) is 0 Å². The first-order chi connectivity index (χ1) is 7.75. The fraction of sp³-hybridized carbons (Fsp3) is 0.0769. The zero-order chi connectivity index (χ0) is 11.4. The molecule has 0 bridgehead atoms. The second kappa shape index (κ2) is 5.14. The topological polar surface area (TPSA) is 29.3 Å². The lowest BCUT2D eigenvalue weighted by Crippen LogP contribution is -2.29. The van der Waals surface area contributed by atoms with Crippen LogP contribution in [0.1, 0.15) is 5.56 Å². The van der Waals surface area contributed by atoms with Gasteiger partial charge in [0.1, 0.15) is 0 Å². The fourth-order valence-corrected chi connectivity index (χ4v) is 1.77. The van der Waals surface area contributed by atoms with Crippen LogP contribution >= 0.6 is 15.9 Å². The number of hydrazine groups is 1. The highest BCUT2D eigenvalue weighted by atomic mass is 79.9. The molecule has 0 saturated carbocycles. The summed E-state index contributed by atoms with van der Waals surface area (Å²) in [7, 11) is 0. The fourth-order valence-electron chi connectivity index (χ4n) is 1.50. The number of anilines is 1. The number of halogens is 1. The van der Waals surface area contributed by atoms with Gasteiger partial charge in [0.25, 0.3) is 0 Å². The number of benzene rings is 2.